The SMILES string of the molecule is C=C(/C=C/C(=O)NCc1nn(-c2ccccc2)c2c1[C@H](c1ccc(F)cc1)[C@H](NC(=O)c1cccc(C(F)(F)F)c1)C(=O)N2CC)OC. The summed E-state index contributed by atoms with van der Waals surface area (Å²) < 4.78 is 61.1. The number of alkyl halides is 3. The van der Waals surface area contributed by atoms with Crippen molar-refractivity contribution in [3.63, 3.8) is 0 Å². The van der Waals surface area contributed by atoms with E-state index in [0.717, 1.165) is 12.1 Å². The fourth-order valence-electron chi connectivity index (χ4n) is 5.51. The van der Waals surface area contributed by atoms with Crippen molar-refractivity contribution in [1.29, 1.82) is 0 Å². The van der Waals surface area contributed by atoms with Gasteiger partial charge < -0.3 is 15.4 Å². The summed E-state index contributed by atoms with van der Waals surface area (Å²) >= 11 is 0. The maximum absolute atomic E-state index is 14.3. The molecule has 2 atom stereocenters. The average Bonchev–Trinajstić information content (AvgIpc) is 3.45. The molecule has 2 N–H and O–H groups in total. The molecule has 13 heteroatoms. The molecule has 3 aromatic carbocycles. The topological polar surface area (TPSA) is 106 Å². The highest BCUT2D eigenvalue weighted by Crippen LogP contribution is 2.43. The number of hydrogen-bond acceptors (Lipinski definition) is 5. The Bertz CT molecular complexity index is 1870. The van der Waals surface area contributed by atoms with Crippen LogP contribution in [-0.2, 0) is 27.0 Å². The van der Waals surface area contributed by atoms with Crippen molar-refractivity contribution in [2.45, 2.75) is 31.6 Å². The fraction of sp³-hybridized carbons (Fsp3) is 0.200. The molecule has 0 saturated carbocycles. The standard InChI is InChI=1S/C35H31F4N5O4/c1-4-43-33-30(27(20-40-28(45)18-13-21(2)48-3)42-44(33)26-11-6-5-7-12-26)29(22-14-16-25(36)17-15-22)31(34(43)47)41-32(46)23-9-8-10-24(19-23)35(37,38)39/h5-19,29,31H,2,4,20H2,1,3H3,(H,40,45)(H,41,46)/b18-13+/t29-,31-/m0/s1. The maximum atomic E-state index is 14.3. The number of ether oxygens (including phenoxy) is 1. The highest BCUT2D eigenvalue weighted by molar-refractivity contribution is 6.05. The summed E-state index contributed by atoms with van der Waals surface area (Å²) in [5.74, 6) is -2.89. The lowest BCUT2D eigenvalue weighted by atomic mass is 9.80. The predicted octanol–water partition coefficient (Wildman–Crippen LogP) is 5.66. The normalized spacial score (nSPS) is 16.0. The molecule has 1 aliphatic rings. The predicted molar refractivity (Wildman–Crippen MR) is 170 cm³/mol. The number of fused-ring (bicyclic) bond motifs is 1. The molecule has 2 heterocycles. The molecule has 5 rings (SSSR count). The van der Waals surface area contributed by atoms with Crippen LogP contribution in [0.5, 0.6) is 0 Å². The number of nitrogens with zero attached hydrogens (tertiary/aromatic N) is 3. The van der Waals surface area contributed by atoms with E-state index in [1.807, 2.05) is 6.07 Å². The molecule has 9 nitrogen and oxygen atoms in total. The summed E-state index contributed by atoms with van der Waals surface area (Å²) in [4.78, 5) is 42.0. The van der Waals surface area contributed by atoms with Gasteiger partial charge in [-0.15, -0.1) is 0 Å². The van der Waals surface area contributed by atoms with Gasteiger partial charge in [-0.05, 0) is 61.0 Å². The van der Waals surface area contributed by atoms with Crippen LogP contribution >= 0.6 is 0 Å². The van der Waals surface area contributed by atoms with Crippen molar-refractivity contribution >= 4 is 23.5 Å². The zero-order valence-corrected chi connectivity index (χ0v) is 25.9. The first kappa shape index (κ1) is 33.6. The molecule has 0 bridgehead atoms. The quantitative estimate of drug-likeness (QED) is 0.0989. The Balaban J connectivity index is 1.66. The molecule has 4 aromatic rings. The number of amides is 3. The molecule has 0 aliphatic carbocycles. The van der Waals surface area contributed by atoms with Gasteiger partial charge in [0.15, 0.2) is 0 Å². The van der Waals surface area contributed by atoms with Crippen LogP contribution in [0.1, 0.15) is 45.6 Å². The molecule has 1 aromatic heterocycles. The summed E-state index contributed by atoms with van der Waals surface area (Å²) in [6, 6.07) is 16.8. The molecule has 1 aliphatic heterocycles. The van der Waals surface area contributed by atoms with Gasteiger partial charge in [0.05, 0.1) is 30.6 Å². The second kappa shape index (κ2) is 14.0. The van der Waals surface area contributed by atoms with E-state index in [0.29, 0.717) is 34.4 Å². The van der Waals surface area contributed by atoms with Crippen LogP contribution in [0.15, 0.2) is 103 Å². The second-order valence-corrected chi connectivity index (χ2v) is 10.8. The van der Waals surface area contributed by atoms with E-state index >= 15 is 0 Å². The first-order chi connectivity index (χ1) is 22.9. The number of para-hydroxylation sites is 1. The lowest BCUT2D eigenvalue weighted by Crippen LogP contribution is -2.55. The molecule has 48 heavy (non-hydrogen) atoms. The van der Waals surface area contributed by atoms with Gasteiger partial charge in [-0.2, -0.15) is 18.3 Å². The Morgan fingerprint density at radius 2 is 1.73 bits per heavy atom. The number of aromatic nitrogens is 2. The molecule has 0 unspecified atom stereocenters. The number of rotatable bonds is 10. The van der Waals surface area contributed by atoms with Crippen molar-refractivity contribution in [2.75, 3.05) is 18.6 Å². The molecule has 0 spiro atoms. The van der Waals surface area contributed by atoms with Crippen molar-refractivity contribution in [3.05, 3.63) is 137 Å². The Labute approximate surface area is 273 Å². The number of nitrogens with one attached hydrogen (secondary N) is 2. The summed E-state index contributed by atoms with van der Waals surface area (Å²) in [6.45, 7) is 5.38. The van der Waals surface area contributed by atoms with E-state index in [2.05, 4.69) is 17.2 Å². The summed E-state index contributed by atoms with van der Waals surface area (Å²) in [5, 5.41) is 10.2. The highest BCUT2D eigenvalue weighted by Gasteiger charge is 2.46. The first-order valence-corrected chi connectivity index (χ1v) is 14.8. The monoisotopic (exact) mass is 661 g/mol. The molecular formula is C35H31F4N5O4. The third-order valence-corrected chi connectivity index (χ3v) is 7.80. The number of allylic oxidation sites excluding steroid dienone is 1. The van der Waals surface area contributed by atoms with Crippen LogP contribution in [-0.4, -0.2) is 47.2 Å². The van der Waals surface area contributed by atoms with E-state index < -0.39 is 47.2 Å². The van der Waals surface area contributed by atoms with Crippen LogP contribution in [0.2, 0.25) is 0 Å². The van der Waals surface area contributed by atoms with E-state index in [1.165, 1.54) is 54.5 Å². The lowest BCUT2D eigenvalue weighted by molar-refractivity contribution is -0.137. The third kappa shape index (κ3) is 6.99. The fourth-order valence-corrected chi connectivity index (χ4v) is 5.51. The minimum atomic E-state index is -4.70. The molecular weight excluding hydrogens is 630 g/mol. The number of methoxy groups -OCH3 is 1. The van der Waals surface area contributed by atoms with Crippen LogP contribution < -0.4 is 15.5 Å². The van der Waals surface area contributed by atoms with E-state index in [4.69, 9.17) is 9.84 Å². The van der Waals surface area contributed by atoms with Crippen LogP contribution in [0, 0.1) is 5.82 Å². The number of anilines is 1. The van der Waals surface area contributed by atoms with Crippen LogP contribution in [0.3, 0.4) is 0 Å². The van der Waals surface area contributed by atoms with Crippen molar-refractivity contribution in [1.82, 2.24) is 20.4 Å². The van der Waals surface area contributed by atoms with Gasteiger partial charge in [0.25, 0.3) is 11.8 Å². The van der Waals surface area contributed by atoms with Crippen molar-refractivity contribution < 1.29 is 36.7 Å². The van der Waals surface area contributed by atoms with E-state index in [-0.39, 0.29) is 24.4 Å². The second-order valence-electron chi connectivity index (χ2n) is 10.8. The number of likely N-dealkylation sites (N-methyl/N-ethyl adjacent to an activating group) is 1. The van der Waals surface area contributed by atoms with Gasteiger partial charge in [-0.25, -0.2) is 9.07 Å². The smallest absolute Gasteiger partial charge is 0.416 e. The molecule has 248 valence electrons. The van der Waals surface area contributed by atoms with Crippen molar-refractivity contribution in [2.24, 2.45) is 0 Å². The lowest BCUT2D eigenvalue weighted by Gasteiger charge is -2.38. The van der Waals surface area contributed by atoms with E-state index in [1.54, 1.807) is 35.9 Å². The average molecular weight is 662 g/mol. The summed E-state index contributed by atoms with van der Waals surface area (Å²) in [5.41, 5.74) is 0.474. The molecule has 3 amide bonds. The van der Waals surface area contributed by atoms with Crippen molar-refractivity contribution in [3.8, 4) is 5.69 Å². The Kier molecular flexibility index (Phi) is 9.78. The number of benzene rings is 3. The minimum Gasteiger partial charge on any atom is -0.497 e. The third-order valence-electron chi connectivity index (χ3n) is 7.80. The number of carbonyl (C=O) groups excluding carboxylic acids is 3. The van der Waals surface area contributed by atoms with Gasteiger partial charge in [0.1, 0.15) is 23.4 Å². The first-order valence-electron chi connectivity index (χ1n) is 14.8. The van der Waals surface area contributed by atoms with Gasteiger partial charge >= 0.3 is 6.18 Å². The summed E-state index contributed by atoms with van der Waals surface area (Å²) in [7, 11) is 1.41. The Hall–Kier alpha value is -5.72. The zero-order chi connectivity index (χ0) is 34.6. The summed E-state index contributed by atoms with van der Waals surface area (Å²) in [6.07, 6.45) is -2.09. The number of hydrogen-bond donors (Lipinski definition) is 2. The number of carbonyl (C=O) groups is 3. The van der Waals surface area contributed by atoms with Crippen LogP contribution in [0.25, 0.3) is 5.69 Å². The highest BCUT2D eigenvalue weighted by atomic mass is 19.4. The number of halogens is 4. The van der Waals surface area contributed by atoms with Gasteiger partial charge in [-0.1, -0.05) is 43.0 Å². The van der Waals surface area contributed by atoms with Crippen LogP contribution in [0.4, 0.5) is 23.4 Å². The Morgan fingerprint density at radius 1 is 1.02 bits per heavy atom. The maximum Gasteiger partial charge on any atom is 0.416 e. The largest absolute Gasteiger partial charge is 0.497 e. The Morgan fingerprint density at radius 3 is 2.38 bits per heavy atom. The van der Waals surface area contributed by atoms with E-state index in [9.17, 15) is 31.9 Å². The zero-order valence-electron chi connectivity index (χ0n) is 25.9. The van der Waals surface area contributed by atoms with Gasteiger partial charge in [0, 0.05) is 29.7 Å². The molecule has 0 saturated heterocycles. The van der Waals surface area contributed by atoms with Gasteiger partial charge in [0.2, 0.25) is 5.91 Å². The molecule has 0 fully saturated rings. The minimum absolute atomic E-state index is 0.122. The van der Waals surface area contributed by atoms with Gasteiger partial charge in [-0.3, -0.25) is 19.3 Å². The molecule has 0 radical (unpaired) electrons.